The highest BCUT2D eigenvalue weighted by atomic mass is 16.1. The van der Waals surface area contributed by atoms with Gasteiger partial charge in [0.25, 0.3) is 0 Å². The SMILES string of the molecule is Cc1ccc(C(NC(=O)Cc2ccccc2C)C2CC2)cc1. The van der Waals surface area contributed by atoms with Crippen LogP contribution >= 0.6 is 0 Å². The average Bonchev–Trinajstić information content (AvgIpc) is 3.33. The maximum Gasteiger partial charge on any atom is 0.224 e. The summed E-state index contributed by atoms with van der Waals surface area (Å²) in [5, 5.41) is 3.25. The predicted molar refractivity (Wildman–Crippen MR) is 89.7 cm³/mol. The summed E-state index contributed by atoms with van der Waals surface area (Å²) < 4.78 is 0. The maximum atomic E-state index is 12.4. The molecule has 1 fully saturated rings. The van der Waals surface area contributed by atoms with Crippen LogP contribution in [0.15, 0.2) is 48.5 Å². The Labute approximate surface area is 132 Å². The van der Waals surface area contributed by atoms with Crippen molar-refractivity contribution < 1.29 is 4.79 Å². The molecule has 0 spiro atoms. The van der Waals surface area contributed by atoms with Crippen molar-refractivity contribution in [3.8, 4) is 0 Å². The molecule has 0 bridgehead atoms. The number of nitrogens with one attached hydrogen (secondary N) is 1. The van der Waals surface area contributed by atoms with Crippen LogP contribution in [0.3, 0.4) is 0 Å². The van der Waals surface area contributed by atoms with Gasteiger partial charge in [-0.2, -0.15) is 0 Å². The number of aryl methyl sites for hydroxylation is 2. The molecule has 2 aromatic carbocycles. The molecule has 1 saturated carbocycles. The fraction of sp³-hybridized carbons (Fsp3) is 0.350. The van der Waals surface area contributed by atoms with E-state index in [4.69, 9.17) is 0 Å². The van der Waals surface area contributed by atoms with Crippen molar-refractivity contribution >= 4 is 5.91 Å². The van der Waals surface area contributed by atoms with Crippen LogP contribution in [0.4, 0.5) is 0 Å². The molecule has 0 saturated heterocycles. The van der Waals surface area contributed by atoms with Gasteiger partial charge >= 0.3 is 0 Å². The van der Waals surface area contributed by atoms with Gasteiger partial charge in [0.05, 0.1) is 12.5 Å². The zero-order valence-corrected chi connectivity index (χ0v) is 13.3. The molecule has 1 unspecified atom stereocenters. The summed E-state index contributed by atoms with van der Waals surface area (Å²) in [6, 6.07) is 16.8. The molecule has 0 aromatic heterocycles. The van der Waals surface area contributed by atoms with Crippen LogP contribution in [-0.4, -0.2) is 5.91 Å². The maximum absolute atomic E-state index is 12.4. The zero-order valence-electron chi connectivity index (χ0n) is 13.3. The molecule has 2 heteroatoms. The highest BCUT2D eigenvalue weighted by Crippen LogP contribution is 2.41. The first-order valence-electron chi connectivity index (χ1n) is 8.04. The number of hydrogen-bond acceptors (Lipinski definition) is 1. The van der Waals surface area contributed by atoms with E-state index >= 15 is 0 Å². The molecule has 1 aliphatic rings. The Morgan fingerprint density at radius 2 is 1.77 bits per heavy atom. The molecule has 1 atom stereocenters. The summed E-state index contributed by atoms with van der Waals surface area (Å²) in [5.74, 6) is 0.718. The summed E-state index contributed by atoms with van der Waals surface area (Å²) in [4.78, 5) is 12.4. The third kappa shape index (κ3) is 3.56. The summed E-state index contributed by atoms with van der Waals surface area (Å²) in [7, 11) is 0. The standard InChI is InChI=1S/C20H23NO/c1-14-7-9-16(10-8-14)20(17-11-12-17)21-19(22)13-18-6-4-3-5-15(18)2/h3-10,17,20H,11-13H2,1-2H3,(H,21,22). The van der Waals surface area contributed by atoms with Gasteiger partial charge in [0.15, 0.2) is 0 Å². The van der Waals surface area contributed by atoms with Gasteiger partial charge in [-0.3, -0.25) is 4.79 Å². The smallest absolute Gasteiger partial charge is 0.224 e. The molecule has 2 nitrogen and oxygen atoms in total. The Kier molecular flexibility index (Phi) is 4.28. The van der Waals surface area contributed by atoms with Gasteiger partial charge in [-0.1, -0.05) is 54.1 Å². The predicted octanol–water partition coefficient (Wildman–Crippen LogP) is 4.11. The second kappa shape index (κ2) is 6.35. The molecule has 1 amide bonds. The van der Waals surface area contributed by atoms with E-state index < -0.39 is 0 Å². The number of benzene rings is 2. The summed E-state index contributed by atoms with van der Waals surface area (Å²) >= 11 is 0. The largest absolute Gasteiger partial charge is 0.349 e. The van der Waals surface area contributed by atoms with Crippen molar-refractivity contribution in [2.45, 2.75) is 39.2 Å². The number of rotatable bonds is 5. The van der Waals surface area contributed by atoms with E-state index in [1.54, 1.807) is 0 Å². The highest BCUT2D eigenvalue weighted by Gasteiger charge is 2.33. The van der Waals surface area contributed by atoms with Gasteiger partial charge in [-0.05, 0) is 49.3 Å². The normalized spacial score (nSPS) is 15.4. The molecule has 0 radical (unpaired) electrons. The Morgan fingerprint density at radius 3 is 2.41 bits per heavy atom. The molecule has 22 heavy (non-hydrogen) atoms. The first-order valence-corrected chi connectivity index (χ1v) is 8.04. The quantitative estimate of drug-likeness (QED) is 0.883. The summed E-state index contributed by atoms with van der Waals surface area (Å²) in [6.45, 7) is 4.15. The fourth-order valence-electron chi connectivity index (χ4n) is 2.88. The van der Waals surface area contributed by atoms with Crippen LogP contribution in [0.5, 0.6) is 0 Å². The lowest BCUT2D eigenvalue weighted by molar-refractivity contribution is -0.121. The zero-order chi connectivity index (χ0) is 15.5. The average molecular weight is 293 g/mol. The van der Waals surface area contributed by atoms with E-state index in [0.29, 0.717) is 12.3 Å². The van der Waals surface area contributed by atoms with E-state index in [0.717, 1.165) is 5.56 Å². The van der Waals surface area contributed by atoms with Crippen LogP contribution in [0, 0.1) is 19.8 Å². The van der Waals surface area contributed by atoms with Gasteiger partial charge in [0.1, 0.15) is 0 Å². The van der Waals surface area contributed by atoms with Gasteiger partial charge in [-0.15, -0.1) is 0 Å². The van der Waals surface area contributed by atoms with Crippen LogP contribution in [-0.2, 0) is 11.2 Å². The van der Waals surface area contributed by atoms with Crippen molar-refractivity contribution in [1.29, 1.82) is 0 Å². The number of carbonyl (C=O) groups is 1. The van der Waals surface area contributed by atoms with Gasteiger partial charge in [-0.25, -0.2) is 0 Å². The third-order valence-electron chi connectivity index (χ3n) is 4.46. The van der Waals surface area contributed by atoms with Crippen molar-refractivity contribution in [2.24, 2.45) is 5.92 Å². The van der Waals surface area contributed by atoms with Crippen molar-refractivity contribution in [1.82, 2.24) is 5.32 Å². The summed E-state index contributed by atoms with van der Waals surface area (Å²) in [5.41, 5.74) is 4.77. The van der Waals surface area contributed by atoms with E-state index in [2.05, 4.69) is 49.5 Å². The van der Waals surface area contributed by atoms with Crippen molar-refractivity contribution in [3.05, 3.63) is 70.8 Å². The first kappa shape index (κ1) is 14.8. The second-order valence-corrected chi connectivity index (χ2v) is 6.40. The van der Waals surface area contributed by atoms with Crippen LogP contribution in [0.2, 0.25) is 0 Å². The van der Waals surface area contributed by atoms with Gasteiger partial charge in [0.2, 0.25) is 5.91 Å². The Morgan fingerprint density at radius 1 is 1.09 bits per heavy atom. The Hall–Kier alpha value is -2.09. The lowest BCUT2D eigenvalue weighted by Crippen LogP contribution is -2.31. The molecular weight excluding hydrogens is 270 g/mol. The number of hydrogen-bond donors (Lipinski definition) is 1. The number of carbonyl (C=O) groups excluding carboxylic acids is 1. The second-order valence-electron chi connectivity index (χ2n) is 6.40. The third-order valence-corrected chi connectivity index (χ3v) is 4.46. The molecule has 1 N–H and O–H groups in total. The van der Waals surface area contributed by atoms with E-state index in [9.17, 15) is 4.79 Å². The monoisotopic (exact) mass is 293 g/mol. The van der Waals surface area contributed by atoms with Crippen molar-refractivity contribution in [2.75, 3.05) is 0 Å². The minimum Gasteiger partial charge on any atom is -0.349 e. The van der Waals surface area contributed by atoms with Crippen LogP contribution in [0.1, 0.15) is 41.1 Å². The van der Waals surface area contributed by atoms with E-state index in [-0.39, 0.29) is 11.9 Å². The van der Waals surface area contributed by atoms with E-state index in [1.807, 2.05) is 18.2 Å². The molecule has 1 aliphatic carbocycles. The Bertz CT molecular complexity index is 656. The summed E-state index contributed by atoms with van der Waals surface area (Å²) in [6.07, 6.45) is 2.88. The fourth-order valence-corrected chi connectivity index (χ4v) is 2.88. The molecule has 0 aliphatic heterocycles. The van der Waals surface area contributed by atoms with Crippen molar-refractivity contribution in [3.63, 3.8) is 0 Å². The lowest BCUT2D eigenvalue weighted by atomic mass is 10.00. The molecule has 114 valence electrons. The first-order chi connectivity index (χ1) is 10.6. The van der Waals surface area contributed by atoms with E-state index in [1.165, 1.54) is 29.5 Å². The molecule has 2 aromatic rings. The molecule has 0 heterocycles. The van der Waals surface area contributed by atoms with Gasteiger partial charge in [0, 0.05) is 0 Å². The van der Waals surface area contributed by atoms with Gasteiger partial charge < -0.3 is 5.32 Å². The molecule has 3 rings (SSSR count). The van der Waals surface area contributed by atoms with Crippen LogP contribution < -0.4 is 5.32 Å². The number of amides is 1. The Balaban J connectivity index is 1.70. The minimum atomic E-state index is 0.117. The lowest BCUT2D eigenvalue weighted by Gasteiger charge is -2.19. The topological polar surface area (TPSA) is 29.1 Å². The minimum absolute atomic E-state index is 0.117. The highest BCUT2D eigenvalue weighted by molar-refractivity contribution is 5.79. The van der Waals surface area contributed by atoms with Crippen LogP contribution in [0.25, 0.3) is 0 Å². The molecular formula is C20H23NO.